The lowest BCUT2D eigenvalue weighted by Gasteiger charge is -2.27. The van der Waals surface area contributed by atoms with Crippen LogP contribution in [0.3, 0.4) is 0 Å². The lowest BCUT2D eigenvalue weighted by molar-refractivity contribution is 0.0689. The first-order valence-electron chi connectivity index (χ1n) is 11.4. The number of hydrogen-bond donors (Lipinski definition) is 0. The predicted octanol–water partition coefficient (Wildman–Crippen LogP) is 6.08. The van der Waals surface area contributed by atoms with E-state index in [0.717, 1.165) is 16.8 Å². The van der Waals surface area contributed by atoms with Crippen molar-refractivity contribution in [2.75, 3.05) is 7.11 Å². The molecule has 0 N–H and O–H groups in total. The Morgan fingerprint density at radius 1 is 0.971 bits per heavy atom. The van der Waals surface area contributed by atoms with Gasteiger partial charge >= 0.3 is 0 Å². The molecular formula is C28H28FN3O3. The van der Waals surface area contributed by atoms with E-state index in [2.05, 4.69) is 0 Å². The van der Waals surface area contributed by atoms with E-state index in [0.29, 0.717) is 22.9 Å². The molecule has 0 saturated heterocycles. The van der Waals surface area contributed by atoms with E-state index in [4.69, 9.17) is 14.6 Å². The van der Waals surface area contributed by atoms with Crippen molar-refractivity contribution < 1.29 is 18.7 Å². The van der Waals surface area contributed by atoms with Gasteiger partial charge < -0.3 is 14.4 Å². The average Bonchev–Trinajstić information content (AvgIpc) is 3.18. The van der Waals surface area contributed by atoms with Crippen LogP contribution in [-0.4, -0.2) is 33.7 Å². The van der Waals surface area contributed by atoms with Gasteiger partial charge in [-0.3, -0.25) is 4.79 Å². The third-order valence-electron chi connectivity index (χ3n) is 5.71. The number of methoxy groups -OCH3 is 1. The molecule has 0 bridgehead atoms. The molecule has 0 unspecified atom stereocenters. The van der Waals surface area contributed by atoms with Crippen LogP contribution in [0.15, 0.2) is 78.9 Å². The third kappa shape index (κ3) is 5.19. The second-order valence-electron chi connectivity index (χ2n) is 8.41. The van der Waals surface area contributed by atoms with Gasteiger partial charge in [0.15, 0.2) is 11.5 Å². The minimum atomic E-state index is -0.385. The van der Waals surface area contributed by atoms with Gasteiger partial charge in [0.05, 0.1) is 19.2 Å². The summed E-state index contributed by atoms with van der Waals surface area (Å²) in [4.78, 5) is 15.2. The lowest BCUT2D eigenvalue weighted by Crippen LogP contribution is -2.36. The van der Waals surface area contributed by atoms with E-state index in [1.165, 1.54) is 24.3 Å². The first-order valence-corrected chi connectivity index (χ1v) is 11.4. The molecule has 0 atom stereocenters. The van der Waals surface area contributed by atoms with Crippen molar-refractivity contribution in [2.45, 2.75) is 26.4 Å². The van der Waals surface area contributed by atoms with Gasteiger partial charge in [0, 0.05) is 24.2 Å². The molecule has 3 aromatic carbocycles. The number of nitrogens with zero attached hydrogens (tertiary/aromatic N) is 3. The molecule has 0 aliphatic heterocycles. The molecule has 35 heavy (non-hydrogen) atoms. The minimum Gasteiger partial charge on any atom is -0.493 e. The van der Waals surface area contributed by atoms with Crippen molar-refractivity contribution in [3.63, 3.8) is 0 Å². The lowest BCUT2D eigenvalue weighted by atomic mass is 10.1. The van der Waals surface area contributed by atoms with E-state index in [9.17, 15) is 9.18 Å². The zero-order valence-electron chi connectivity index (χ0n) is 20.2. The van der Waals surface area contributed by atoms with E-state index >= 15 is 0 Å². The van der Waals surface area contributed by atoms with Crippen molar-refractivity contribution in [3.8, 4) is 28.6 Å². The molecule has 1 heterocycles. The average molecular weight is 474 g/mol. The fourth-order valence-corrected chi connectivity index (χ4v) is 3.88. The quantitative estimate of drug-likeness (QED) is 0.311. The summed E-state index contributed by atoms with van der Waals surface area (Å²) < 4.78 is 26.9. The highest BCUT2D eigenvalue weighted by Gasteiger charge is 2.27. The first-order chi connectivity index (χ1) is 16.9. The highest BCUT2D eigenvalue weighted by Crippen LogP contribution is 2.37. The summed E-state index contributed by atoms with van der Waals surface area (Å²) in [5.41, 5.74) is 2.80. The predicted molar refractivity (Wildman–Crippen MR) is 133 cm³/mol. The smallest absolute Gasteiger partial charge is 0.254 e. The van der Waals surface area contributed by atoms with Crippen LogP contribution >= 0.6 is 0 Å². The van der Waals surface area contributed by atoms with Crippen LogP contribution in [0.5, 0.6) is 17.4 Å². The molecule has 0 spiro atoms. The van der Waals surface area contributed by atoms with Gasteiger partial charge in [-0.15, -0.1) is 0 Å². The summed E-state index contributed by atoms with van der Waals surface area (Å²) in [6, 6.07) is 22.6. The molecule has 0 saturated carbocycles. The summed E-state index contributed by atoms with van der Waals surface area (Å²) in [6.07, 6.45) is 0. The highest BCUT2D eigenvalue weighted by molar-refractivity contribution is 5.94. The van der Waals surface area contributed by atoms with Gasteiger partial charge in [-0.25, -0.2) is 9.07 Å². The third-order valence-corrected chi connectivity index (χ3v) is 5.71. The molecule has 1 aromatic heterocycles. The molecule has 0 fully saturated rings. The van der Waals surface area contributed by atoms with Crippen LogP contribution in [0.1, 0.15) is 29.8 Å². The molecule has 0 aliphatic rings. The number of aromatic nitrogens is 2. The molecule has 6 nitrogen and oxygen atoms in total. The van der Waals surface area contributed by atoms with Crippen LogP contribution in [0.25, 0.3) is 11.3 Å². The van der Waals surface area contributed by atoms with E-state index < -0.39 is 0 Å². The maximum atomic E-state index is 13.5. The van der Waals surface area contributed by atoms with Crippen molar-refractivity contribution in [2.24, 2.45) is 7.05 Å². The maximum Gasteiger partial charge on any atom is 0.254 e. The molecule has 4 aromatic rings. The summed E-state index contributed by atoms with van der Waals surface area (Å²) in [5.74, 6) is 1.05. The second kappa shape index (κ2) is 10.4. The summed E-state index contributed by atoms with van der Waals surface area (Å²) in [7, 11) is 3.39. The molecule has 0 radical (unpaired) electrons. The molecular weight excluding hydrogens is 445 g/mol. The highest BCUT2D eigenvalue weighted by atomic mass is 19.1. The van der Waals surface area contributed by atoms with Crippen molar-refractivity contribution in [3.05, 3.63) is 95.8 Å². The molecule has 4 rings (SSSR count). The Hall–Kier alpha value is -4.13. The number of benzene rings is 3. The molecule has 0 aliphatic carbocycles. The largest absolute Gasteiger partial charge is 0.493 e. The number of carbonyl (C=O) groups excluding carboxylic acids is 1. The van der Waals surface area contributed by atoms with Crippen molar-refractivity contribution in [1.82, 2.24) is 14.7 Å². The molecule has 7 heteroatoms. The van der Waals surface area contributed by atoms with Crippen LogP contribution in [0.4, 0.5) is 4.39 Å². The topological polar surface area (TPSA) is 56.6 Å². The summed E-state index contributed by atoms with van der Waals surface area (Å²) in [5, 5.41) is 4.75. The van der Waals surface area contributed by atoms with Gasteiger partial charge in [-0.2, -0.15) is 5.10 Å². The molecule has 180 valence electrons. The van der Waals surface area contributed by atoms with Gasteiger partial charge in [0.2, 0.25) is 5.88 Å². The molecule has 1 amide bonds. The standard InChI is InChI=1S/C28H28FN3O3/c1-19(2)32(27(33)21-14-16-22(29)17-15-21)18-23-26(20-10-6-5-7-11-20)30-31(3)28(23)35-25-13-9-8-12-24(25)34-4/h5-17,19H,18H2,1-4H3. The minimum absolute atomic E-state index is 0.129. The number of amides is 1. The van der Waals surface area contributed by atoms with Crippen molar-refractivity contribution >= 4 is 5.91 Å². The Morgan fingerprint density at radius 3 is 2.23 bits per heavy atom. The fraction of sp³-hybridized carbons (Fsp3) is 0.214. The number of hydrogen-bond acceptors (Lipinski definition) is 4. The van der Waals surface area contributed by atoms with E-state index in [-0.39, 0.29) is 24.3 Å². The van der Waals surface area contributed by atoms with Crippen LogP contribution in [0, 0.1) is 5.82 Å². The Morgan fingerprint density at radius 2 is 1.60 bits per heavy atom. The number of halogens is 1. The van der Waals surface area contributed by atoms with E-state index in [1.54, 1.807) is 16.7 Å². The van der Waals surface area contributed by atoms with Crippen LogP contribution in [0.2, 0.25) is 0 Å². The number of carbonyl (C=O) groups is 1. The first kappa shape index (κ1) is 24.0. The normalized spacial score (nSPS) is 10.9. The zero-order valence-corrected chi connectivity index (χ0v) is 20.2. The van der Waals surface area contributed by atoms with Crippen LogP contribution in [-0.2, 0) is 13.6 Å². The van der Waals surface area contributed by atoms with Crippen molar-refractivity contribution in [1.29, 1.82) is 0 Å². The number of ether oxygens (including phenoxy) is 2. The van der Waals surface area contributed by atoms with E-state index in [1.807, 2.05) is 75.5 Å². The SMILES string of the molecule is COc1ccccc1Oc1c(CN(C(=O)c2ccc(F)cc2)C(C)C)c(-c2ccccc2)nn1C. The maximum absolute atomic E-state index is 13.5. The van der Waals surface area contributed by atoms with Gasteiger partial charge in [-0.05, 0) is 50.2 Å². The summed E-state index contributed by atoms with van der Waals surface area (Å²) >= 11 is 0. The Kier molecular flexibility index (Phi) is 7.15. The second-order valence-corrected chi connectivity index (χ2v) is 8.41. The zero-order chi connectivity index (χ0) is 24.9. The van der Waals surface area contributed by atoms with Gasteiger partial charge in [-0.1, -0.05) is 42.5 Å². The van der Waals surface area contributed by atoms with Gasteiger partial charge in [0.1, 0.15) is 11.5 Å². The number of para-hydroxylation sites is 2. The summed E-state index contributed by atoms with van der Waals surface area (Å²) in [6.45, 7) is 4.14. The Balaban J connectivity index is 1.80. The Bertz CT molecular complexity index is 1300. The monoisotopic (exact) mass is 473 g/mol. The number of aryl methyl sites for hydroxylation is 1. The Labute approximate surface area is 204 Å². The van der Waals surface area contributed by atoms with Gasteiger partial charge in [0.25, 0.3) is 5.91 Å². The van der Waals surface area contributed by atoms with Crippen LogP contribution < -0.4 is 9.47 Å². The fourth-order valence-electron chi connectivity index (χ4n) is 3.88. The number of rotatable bonds is 8.